The van der Waals surface area contributed by atoms with Gasteiger partial charge in [-0.05, 0) is 23.8 Å². The van der Waals surface area contributed by atoms with Gasteiger partial charge in [-0.1, -0.05) is 6.07 Å². The van der Waals surface area contributed by atoms with Crippen LogP contribution in [0.25, 0.3) is 6.08 Å². The zero-order valence-corrected chi connectivity index (χ0v) is 10.6. The van der Waals surface area contributed by atoms with E-state index in [1.807, 2.05) is 0 Å². The minimum absolute atomic E-state index is 0. The molecule has 0 saturated heterocycles. The van der Waals surface area contributed by atoms with Crippen LogP contribution in [0.3, 0.4) is 0 Å². The van der Waals surface area contributed by atoms with Gasteiger partial charge in [0.2, 0.25) is 0 Å². The summed E-state index contributed by atoms with van der Waals surface area (Å²) in [5, 5.41) is 17.6. The smallest absolute Gasteiger partial charge is 1.00 e. The van der Waals surface area contributed by atoms with Crippen molar-refractivity contribution in [3.63, 3.8) is 0 Å². The van der Waals surface area contributed by atoms with Crippen molar-refractivity contribution in [3.05, 3.63) is 29.8 Å². The number of rotatable bonds is 3. The molecule has 0 fully saturated rings. The van der Waals surface area contributed by atoms with Crippen LogP contribution >= 0.6 is 0 Å². The molecular formula is C10H11NaO4. The van der Waals surface area contributed by atoms with Crippen molar-refractivity contribution in [2.75, 3.05) is 7.11 Å². The minimum atomic E-state index is -1.02. The molecule has 0 aromatic heterocycles. The molecular weight excluding hydrogens is 207 g/mol. The summed E-state index contributed by atoms with van der Waals surface area (Å²) in [7, 11) is 1.43. The maximum Gasteiger partial charge on any atom is 1.00 e. The molecule has 0 saturated carbocycles. The van der Waals surface area contributed by atoms with Crippen LogP contribution in [-0.2, 0) is 4.79 Å². The number of aliphatic carboxylic acids is 1. The molecule has 0 heterocycles. The first-order chi connectivity index (χ1) is 6.63. The topological polar surface area (TPSA) is 66.8 Å². The number of aromatic hydroxyl groups is 1. The normalized spacial score (nSPS) is 9.67. The third-order valence-electron chi connectivity index (χ3n) is 1.62. The van der Waals surface area contributed by atoms with Crippen LogP contribution in [-0.4, -0.2) is 23.3 Å². The zero-order valence-electron chi connectivity index (χ0n) is 9.60. The van der Waals surface area contributed by atoms with E-state index in [0.29, 0.717) is 11.3 Å². The number of phenolic OH excluding ortho intramolecular Hbond substituents is 1. The van der Waals surface area contributed by atoms with Crippen molar-refractivity contribution < 1.29 is 50.7 Å². The Morgan fingerprint density at radius 2 is 2.20 bits per heavy atom. The van der Waals surface area contributed by atoms with Crippen molar-refractivity contribution in [2.45, 2.75) is 0 Å². The van der Waals surface area contributed by atoms with Gasteiger partial charge in [0.05, 0.1) is 7.11 Å². The van der Waals surface area contributed by atoms with Crippen LogP contribution in [0.2, 0.25) is 0 Å². The molecule has 15 heavy (non-hydrogen) atoms. The molecule has 5 heteroatoms. The van der Waals surface area contributed by atoms with E-state index < -0.39 is 5.97 Å². The number of ether oxygens (including phenoxy) is 1. The van der Waals surface area contributed by atoms with Gasteiger partial charge in [-0.3, -0.25) is 0 Å². The summed E-state index contributed by atoms with van der Waals surface area (Å²) in [6, 6.07) is 4.59. The number of benzene rings is 1. The van der Waals surface area contributed by atoms with Crippen molar-refractivity contribution in [1.82, 2.24) is 0 Å². The van der Waals surface area contributed by atoms with Gasteiger partial charge in [-0.15, -0.1) is 0 Å². The van der Waals surface area contributed by atoms with E-state index in [2.05, 4.69) is 0 Å². The predicted molar refractivity (Wildman–Crippen MR) is 52.4 cm³/mol. The number of carbonyl (C=O) groups is 1. The van der Waals surface area contributed by atoms with E-state index in [0.717, 1.165) is 6.08 Å². The average molecular weight is 218 g/mol. The Labute approximate surface area is 111 Å². The van der Waals surface area contributed by atoms with Gasteiger partial charge in [-0.25, -0.2) is 4.79 Å². The van der Waals surface area contributed by atoms with E-state index in [9.17, 15) is 9.90 Å². The van der Waals surface area contributed by atoms with Gasteiger partial charge >= 0.3 is 35.5 Å². The van der Waals surface area contributed by atoms with Crippen LogP contribution in [0, 0.1) is 0 Å². The van der Waals surface area contributed by atoms with Crippen molar-refractivity contribution in [3.8, 4) is 11.5 Å². The maximum atomic E-state index is 10.2. The second kappa shape index (κ2) is 6.50. The van der Waals surface area contributed by atoms with E-state index >= 15 is 0 Å². The molecule has 0 unspecified atom stereocenters. The number of carboxylic acid groups (broad SMARTS) is 1. The molecule has 1 rings (SSSR count). The summed E-state index contributed by atoms with van der Waals surface area (Å²) < 4.78 is 4.86. The molecule has 0 bridgehead atoms. The molecule has 0 aliphatic carbocycles. The number of hydrogen-bond acceptors (Lipinski definition) is 3. The second-order valence-electron chi connectivity index (χ2n) is 2.60. The standard InChI is InChI=1S/C10H10O4.Na.H/c1-14-9-6-7(2-4-8(9)11)3-5-10(12)13;;/h2-6,11H,1H3,(H,12,13);;/q;+1;-1. The van der Waals surface area contributed by atoms with Gasteiger partial charge in [-0.2, -0.15) is 0 Å². The monoisotopic (exact) mass is 218 g/mol. The number of carboxylic acids is 1. The molecule has 0 radical (unpaired) electrons. The Morgan fingerprint density at radius 3 is 2.73 bits per heavy atom. The van der Waals surface area contributed by atoms with Crippen LogP contribution < -0.4 is 34.3 Å². The van der Waals surface area contributed by atoms with Gasteiger partial charge in [0.15, 0.2) is 11.5 Å². The fourth-order valence-corrected chi connectivity index (χ4v) is 0.965. The molecule has 0 aliphatic heterocycles. The molecule has 1 aromatic rings. The molecule has 76 valence electrons. The van der Waals surface area contributed by atoms with Gasteiger partial charge < -0.3 is 16.4 Å². The van der Waals surface area contributed by atoms with Crippen LogP contribution in [0.5, 0.6) is 11.5 Å². The zero-order chi connectivity index (χ0) is 10.6. The van der Waals surface area contributed by atoms with E-state index in [1.54, 1.807) is 12.1 Å². The molecule has 0 aliphatic rings. The molecule has 2 N–H and O–H groups in total. The fraction of sp³-hybridized carbons (Fsp3) is 0.100. The quantitative estimate of drug-likeness (QED) is 0.484. The number of methoxy groups -OCH3 is 1. The van der Waals surface area contributed by atoms with Crippen molar-refractivity contribution in [2.24, 2.45) is 0 Å². The predicted octanol–water partition coefficient (Wildman–Crippen LogP) is -1.38. The van der Waals surface area contributed by atoms with Crippen LogP contribution in [0.4, 0.5) is 0 Å². The third-order valence-corrected chi connectivity index (χ3v) is 1.62. The van der Waals surface area contributed by atoms with Gasteiger partial charge in [0.1, 0.15) is 0 Å². The molecule has 4 nitrogen and oxygen atoms in total. The number of phenols is 1. The van der Waals surface area contributed by atoms with Gasteiger partial charge in [0, 0.05) is 6.08 Å². The largest absolute Gasteiger partial charge is 1.00 e. The molecule has 1 aromatic carbocycles. The first-order valence-corrected chi connectivity index (χ1v) is 3.91. The molecule has 0 amide bonds. The van der Waals surface area contributed by atoms with Gasteiger partial charge in [0.25, 0.3) is 0 Å². The van der Waals surface area contributed by atoms with Crippen molar-refractivity contribution >= 4 is 12.0 Å². The summed E-state index contributed by atoms with van der Waals surface area (Å²) in [4.78, 5) is 10.2. The minimum Gasteiger partial charge on any atom is -1.00 e. The Morgan fingerprint density at radius 1 is 1.53 bits per heavy atom. The number of hydrogen-bond donors (Lipinski definition) is 2. The SMILES string of the molecule is COc1cc(C=CC(=O)O)ccc1O.[H-].[Na+]. The second-order valence-corrected chi connectivity index (χ2v) is 2.60. The van der Waals surface area contributed by atoms with Crippen molar-refractivity contribution in [1.29, 1.82) is 0 Å². The summed E-state index contributed by atoms with van der Waals surface area (Å²) in [5.41, 5.74) is 0.655. The first-order valence-electron chi connectivity index (χ1n) is 3.91. The Hall–Kier alpha value is -0.970. The molecule has 0 atom stereocenters. The van der Waals surface area contributed by atoms with E-state index in [-0.39, 0.29) is 36.7 Å². The summed E-state index contributed by atoms with van der Waals surface area (Å²) in [6.07, 6.45) is 2.44. The Bertz CT molecular complexity index is 379. The van der Waals surface area contributed by atoms with Crippen LogP contribution in [0.1, 0.15) is 6.99 Å². The fourth-order valence-electron chi connectivity index (χ4n) is 0.965. The van der Waals surface area contributed by atoms with E-state index in [1.165, 1.54) is 19.3 Å². The summed E-state index contributed by atoms with van der Waals surface area (Å²) >= 11 is 0. The van der Waals surface area contributed by atoms with Crippen LogP contribution in [0.15, 0.2) is 24.3 Å². The Balaban J connectivity index is 0. The first kappa shape index (κ1) is 14.0. The summed E-state index contributed by atoms with van der Waals surface area (Å²) in [5.74, 6) is -0.672. The average Bonchev–Trinajstić information content (AvgIpc) is 2.16. The molecule has 0 spiro atoms. The Kier molecular flexibility index (Phi) is 6.08. The maximum absolute atomic E-state index is 10.2. The van der Waals surface area contributed by atoms with E-state index in [4.69, 9.17) is 9.84 Å². The summed E-state index contributed by atoms with van der Waals surface area (Å²) in [6.45, 7) is 0. The third kappa shape index (κ3) is 4.38.